The zero-order valence-electron chi connectivity index (χ0n) is 14.4. The van der Waals surface area contributed by atoms with Crippen molar-refractivity contribution in [1.82, 2.24) is 5.32 Å². The average molecular weight is 358 g/mol. The lowest BCUT2D eigenvalue weighted by molar-refractivity contribution is -0.118. The second-order valence-electron chi connectivity index (χ2n) is 6.43. The van der Waals surface area contributed by atoms with Crippen LogP contribution in [0.25, 0.3) is 0 Å². The third kappa shape index (κ3) is 9.01. The zero-order valence-corrected chi connectivity index (χ0v) is 16.0. The van der Waals surface area contributed by atoms with E-state index in [4.69, 9.17) is 4.74 Å². The summed E-state index contributed by atoms with van der Waals surface area (Å²) in [7, 11) is 0. The van der Waals surface area contributed by atoms with E-state index >= 15 is 0 Å². The molecule has 0 radical (unpaired) electrons. The molecule has 1 N–H and O–H groups in total. The zero-order chi connectivity index (χ0) is 17.3. The van der Waals surface area contributed by atoms with Gasteiger partial charge in [-0.3, -0.25) is 4.79 Å². The highest BCUT2D eigenvalue weighted by Crippen LogP contribution is 2.16. The molecule has 1 aromatic rings. The predicted octanol–water partition coefficient (Wildman–Crippen LogP) is 4.63. The Bertz CT molecular complexity index is 481. The van der Waals surface area contributed by atoms with Crippen LogP contribution in [-0.4, -0.2) is 29.3 Å². The number of carbonyl (C=O) groups is 2. The lowest BCUT2D eigenvalue weighted by Gasteiger charge is -2.23. The number of amides is 1. The standard InChI is InChI=1S/C17H27NO3S2/c1-5-6-7-14(18-16(20)21-17(2,3)4)15(19)12-23-11-13-8-9-22-10-13/h8-10,14H,5-7,11-12H2,1-4H3,(H,18,20)/t14-/m0/s1. The summed E-state index contributed by atoms with van der Waals surface area (Å²) in [6.07, 6.45) is 2.03. The molecule has 0 spiro atoms. The summed E-state index contributed by atoms with van der Waals surface area (Å²) < 4.78 is 5.25. The second kappa shape index (κ2) is 9.98. The van der Waals surface area contributed by atoms with E-state index < -0.39 is 17.7 Å². The SMILES string of the molecule is CCCC[C@H](NC(=O)OC(C)(C)C)C(=O)CSCc1ccsc1. The number of nitrogens with one attached hydrogen (secondary N) is 1. The lowest BCUT2D eigenvalue weighted by atomic mass is 10.1. The van der Waals surface area contributed by atoms with Crippen LogP contribution >= 0.6 is 23.1 Å². The van der Waals surface area contributed by atoms with E-state index in [0.29, 0.717) is 12.2 Å². The van der Waals surface area contributed by atoms with Gasteiger partial charge < -0.3 is 10.1 Å². The molecule has 0 aliphatic carbocycles. The molecule has 23 heavy (non-hydrogen) atoms. The lowest BCUT2D eigenvalue weighted by Crippen LogP contribution is -2.44. The fourth-order valence-electron chi connectivity index (χ4n) is 1.92. The minimum Gasteiger partial charge on any atom is -0.444 e. The molecule has 0 aromatic carbocycles. The summed E-state index contributed by atoms with van der Waals surface area (Å²) in [6.45, 7) is 7.50. The first-order chi connectivity index (χ1) is 10.8. The Balaban J connectivity index is 2.47. The summed E-state index contributed by atoms with van der Waals surface area (Å²) in [6, 6.07) is 1.61. The Morgan fingerprint density at radius 1 is 1.39 bits per heavy atom. The molecule has 0 aliphatic heterocycles. The molecule has 0 saturated carbocycles. The Hall–Kier alpha value is -1.01. The van der Waals surface area contributed by atoms with Gasteiger partial charge in [-0.25, -0.2) is 4.79 Å². The molecular weight excluding hydrogens is 330 g/mol. The fraction of sp³-hybridized carbons (Fsp3) is 0.647. The van der Waals surface area contributed by atoms with Crippen molar-refractivity contribution >= 4 is 35.0 Å². The molecule has 6 heteroatoms. The number of Topliss-reactive ketones (excluding diaryl/α,β-unsaturated/α-hetero) is 1. The first-order valence-corrected chi connectivity index (χ1v) is 10.0. The van der Waals surface area contributed by atoms with Gasteiger partial charge in [0.25, 0.3) is 0 Å². The normalized spacial score (nSPS) is 12.7. The number of ether oxygens (including phenoxy) is 1. The molecule has 0 aliphatic rings. The minimum atomic E-state index is -0.559. The van der Waals surface area contributed by atoms with Crippen LogP contribution in [0.15, 0.2) is 16.8 Å². The highest BCUT2D eigenvalue weighted by molar-refractivity contribution is 7.99. The van der Waals surface area contributed by atoms with E-state index in [-0.39, 0.29) is 5.78 Å². The molecule has 0 bridgehead atoms. The summed E-state index contributed by atoms with van der Waals surface area (Å²) >= 11 is 3.24. The largest absolute Gasteiger partial charge is 0.444 e. The van der Waals surface area contributed by atoms with Crippen molar-refractivity contribution in [2.75, 3.05) is 5.75 Å². The van der Waals surface area contributed by atoms with E-state index in [1.54, 1.807) is 23.1 Å². The number of thioether (sulfide) groups is 1. The molecule has 0 unspecified atom stereocenters. The first-order valence-electron chi connectivity index (χ1n) is 7.93. The van der Waals surface area contributed by atoms with E-state index in [1.165, 1.54) is 5.56 Å². The molecule has 0 fully saturated rings. The Labute approximate surface area is 147 Å². The van der Waals surface area contributed by atoms with Crippen LogP contribution in [0.1, 0.15) is 52.5 Å². The summed E-state index contributed by atoms with van der Waals surface area (Å²) in [4.78, 5) is 24.3. The summed E-state index contributed by atoms with van der Waals surface area (Å²) in [5, 5.41) is 6.85. The molecule has 1 rings (SSSR count). The van der Waals surface area contributed by atoms with Crippen molar-refractivity contribution in [2.24, 2.45) is 0 Å². The van der Waals surface area contributed by atoms with E-state index in [0.717, 1.165) is 18.6 Å². The van der Waals surface area contributed by atoms with Crippen LogP contribution in [0.5, 0.6) is 0 Å². The third-order valence-electron chi connectivity index (χ3n) is 3.02. The molecule has 4 nitrogen and oxygen atoms in total. The molecule has 1 atom stereocenters. The topological polar surface area (TPSA) is 55.4 Å². The average Bonchev–Trinajstić information content (AvgIpc) is 2.94. The quantitative estimate of drug-likeness (QED) is 0.700. The Kier molecular flexibility index (Phi) is 8.69. The van der Waals surface area contributed by atoms with Gasteiger partial charge >= 0.3 is 6.09 Å². The maximum atomic E-state index is 12.4. The van der Waals surface area contributed by atoms with Crippen LogP contribution < -0.4 is 5.32 Å². The molecule has 0 saturated heterocycles. The Morgan fingerprint density at radius 2 is 2.13 bits per heavy atom. The van der Waals surface area contributed by atoms with Crippen LogP contribution in [0.4, 0.5) is 4.79 Å². The number of unbranched alkanes of at least 4 members (excludes halogenated alkanes) is 1. The van der Waals surface area contributed by atoms with E-state index in [1.807, 2.05) is 26.2 Å². The molecule has 130 valence electrons. The van der Waals surface area contributed by atoms with E-state index in [2.05, 4.69) is 23.7 Å². The minimum absolute atomic E-state index is 0.0598. The molecule has 1 heterocycles. The maximum Gasteiger partial charge on any atom is 0.408 e. The van der Waals surface area contributed by atoms with E-state index in [9.17, 15) is 9.59 Å². The second-order valence-corrected chi connectivity index (χ2v) is 8.20. The van der Waals surface area contributed by atoms with Crippen LogP contribution in [0, 0.1) is 0 Å². The van der Waals surface area contributed by atoms with Gasteiger partial charge in [-0.1, -0.05) is 19.8 Å². The van der Waals surface area contributed by atoms with Gasteiger partial charge in [-0.05, 0) is 49.6 Å². The number of ketones is 1. The molecule has 1 aromatic heterocycles. The van der Waals surface area contributed by atoms with Crippen LogP contribution in [0.2, 0.25) is 0 Å². The highest BCUT2D eigenvalue weighted by atomic mass is 32.2. The number of thiophene rings is 1. The Morgan fingerprint density at radius 3 is 2.70 bits per heavy atom. The highest BCUT2D eigenvalue weighted by Gasteiger charge is 2.23. The number of rotatable bonds is 9. The number of hydrogen-bond acceptors (Lipinski definition) is 5. The summed E-state index contributed by atoms with van der Waals surface area (Å²) in [5.41, 5.74) is 0.675. The fourth-order valence-corrected chi connectivity index (χ4v) is 3.61. The maximum absolute atomic E-state index is 12.4. The number of hydrogen-bond donors (Lipinski definition) is 1. The molecule has 1 amide bonds. The monoisotopic (exact) mass is 357 g/mol. The van der Waals surface area contributed by atoms with Crippen LogP contribution in [0.3, 0.4) is 0 Å². The third-order valence-corrected chi connectivity index (χ3v) is 4.78. The van der Waals surface area contributed by atoms with Crippen molar-refractivity contribution in [3.63, 3.8) is 0 Å². The molecular formula is C17H27NO3S2. The number of alkyl carbamates (subject to hydrolysis) is 1. The number of carbonyl (C=O) groups excluding carboxylic acids is 2. The first kappa shape index (κ1) is 20.0. The van der Waals surface area contributed by atoms with Crippen molar-refractivity contribution in [2.45, 2.75) is 64.4 Å². The van der Waals surface area contributed by atoms with Crippen molar-refractivity contribution in [3.8, 4) is 0 Å². The smallest absolute Gasteiger partial charge is 0.408 e. The van der Waals surface area contributed by atoms with Crippen molar-refractivity contribution < 1.29 is 14.3 Å². The predicted molar refractivity (Wildman–Crippen MR) is 98.2 cm³/mol. The van der Waals surface area contributed by atoms with Gasteiger partial charge in [-0.15, -0.1) is 11.8 Å². The van der Waals surface area contributed by atoms with Crippen molar-refractivity contribution in [1.29, 1.82) is 0 Å². The summed E-state index contributed by atoms with van der Waals surface area (Å²) in [5.74, 6) is 1.28. The van der Waals surface area contributed by atoms with Crippen molar-refractivity contribution in [3.05, 3.63) is 22.4 Å². The van der Waals surface area contributed by atoms with Gasteiger partial charge in [-0.2, -0.15) is 11.3 Å². The van der Waals surface area contributed by atoms with Gasteiger partial charge in [0.05, 0.1) is 11.8 Å². The van der Waals surface area contributed by atoms with Gasteiger partial charge in [0.2, 0.25) is 0 Å². The van der Waals surface area contributed by atoms with Gasteiger partial charge in [0.1, 0.15) is 5.60 Å². The van der Waals surface area contributed by atoms with Gasteiger partial charge in [0, 0.05) is 5.75 Å². The van der Waals surface area contributed by atoms with Crippen LogP contribution in [-0.2, 0) is 15.3 Å². The van der Waals surface area contributed by atoms with Gasteiger partial charge in [0.15, 0.2) is 5.78 Å².